The zero-order valence-electron chi connectivity index (χ0n) is 19.2. The molecular weight excluding hydrogens is 388 g/mol. The van der Waals surface area contributed by atoms with Crippen LogP contribution in [0.2, 0.25) is 0 Å². The van der Waals surface area contributed by atoms with Gasteiger partial charge in [-0.05, 0) is 64.1 Å². The van der Waals surface area contributed by atoms with E-state index in [9.17, 15) is 4.79 Å². The van der Waals surface area contributed by atoms with Crippen molar-refractivity contribution in [3.8, 4) is 0 Å². The lowest BCUT2D eigenvalue weighted by Crippen LogP contribution is -2.56. The van der Waals surface area contributed by atoms with Crippen LogP contribution in [0.3, 0.4) is 0 Å². The number of hydrogen-bond acceptors (Lipinski definition) is 4. The van der Waals surface area contributed by atoms with Gasteiger partial charge in [-0.1, -0.05) is 30.3 Å². The Kier molecular flexibility index (Phi) is 5.31. The molecule has 4 aliphatic rings. The minimum absolute atomic E-state index is 0.0334. The Bertz CT molecular complexity index is 789. The largest absolute Gasteiger partial charge is 0.380 e. The summed E-state index contributed by atoms with van der Waals surface area (Å²) < 4.78 is 5.48. The summed E-state index contributed by atoms with van der Waals surface area (Å²) in [5, 5.41) is 0. The number of ether oxygens (including phenoxy) is 1. The van der Waals surface area contributed by atoms with Crippen LogP contribution in [0.5, 0.6) is 0 Å². The molecule has 1 aromatic carbocycles. The Morgan fingerprint density at radius 1 is 1.10 bits per heavy atom. The lowest BCUT2D eigenvalue weighted by molar-refractivity contribution is -0.115. The van der Waals surface area contributed by atoms with Crippen molar-refractivity contribution in [3.05, 3.63) is 35.9 Å². The molecule has 0 bridgehead atoms. The molecule has 31 heavy (non-hydrogen) atoms. The maximum absolute atomic E-state index is 13.6. The summed E-state index contributed by atoms with van der Waals surface area (Å²) in [7, 11) is 4.42. The van der Waals surface area contributed by atoms with E-state index in [1.807, 2.05) is 0 Å². The highest BCUT2D eigenvalue weighted by Crippen LogP contribution is 2.50. The molecule has 2 N–H and O–H groups in total. The number of urea groups is 1. The minimum atomic E-state index is -0.0431. The van der Waals surface area contributed by atoms with E-state index in [-0.39, 0.29) is 22.5 Å². The van der Waals surface area contributed by atoms with E-state index in [1.54, 1.807) is 0 Å². The van der Waals surface area contributed by atoms with Crippen LogP contribution in [-0.2, 0) is 10.3 Å². The van der Waals surface area contributed by atoms with Crippen molar-refractivity contribution in [2.24, 2.45) is 17.1 Å². The second-order valence-electron chi connectivity index (χ2n) is 10.9. The molecule has 2 amide bonds. The number of nitrogens with two attached hydrogens (primary N) is 1. The van der Waals surface area contributed by atoms with E-state index in [0.29, 0.717) is 25.7 Å². The third kappa shape index (κ3) is 3.57. The van der Waals surface area contributed by atoms with E-state index in [2.05, 4.69) is 59.1 Å². The van der Waals surface area contributed by atoms with E-state index in [0.717, 1.165) is 45.3 Å². The molecule has 1 aromatic rings. The zero-order valence-corrected chi connectivity index (χ0v) is 19.2. The lowest BCUT2D eigenvalue weighted by Gasteiger charge is -2.51. The summed E-state index contributed by atoms with van der Waals surface area (Å²) in [5.41, 5.74) is 7.46. The van der Waals surface area contributed by atoms with Crippen molar-refractivity contribution in [1.29, 1.82) is 0 Å². The fourth-order valence-electron chi connectivity index (χ4n) is 6.20. The monoisotopic (exact) mass is 426 g/mol. The summed E-state index contributed by atoms with van der Waals surface area (Å²) in [6.45, 7) is 4.47. The van der Waals surface area contributed by atoms with Crippen LogP contribution in [0.1, 0.15) is 44.1 Å². The van der Waals surface area contributed by atoms with Crippen molar-refractivity contribution in [2.75, 3.05) is 53.5 Å². The van der Waals surface area contributed by atoms with Gasteiger partial charge in [0.25, 0.3) is 0 Å². The SMILES string of the molecule is CN(C)[C@]1(c2ccccc2)CC[C@]2(CC1)CN(CC1(CN)COC1)C(=O)N2CC1CC1. The molecule has 2 saturated carbocycles. The predicted molar refractivity (Wildman–Crippen MR) is 122 cm³/mol. The number of benzene rings is 1. The number of hydrogen-bond donors (Lipinski definition) is 1. The average molecular weight is 427 g/mol. The van der Waals surface area contributed by atoms with Crippen LogP contribution in [0.25, 0.3) is 0 Å². The van der Waals surface area contributed by atoms with Gasteiger partial charge in [0.1, 0.15) is 0 Å². The first-order valence-electron chi connectivity index (χ1n) is 12.0. The van der Waals surface area contributed by atoms with Gasteiger partial charge >= 0.3 is 6.03 Å². The first kappa shape index (κ1) is 21.2. The number of carbonyl (C=O) groups excluding carboxylic acids is 1. The Labute approximate surface area is 186 Å². The first-order valence-corrected chi connectivity index (χ1v) is 12.0. The van der Waals surface area contributed by atoms with E-state index in [1.165, 1.54) is 18.4 Å². The van der Waals surface area contributed by atoms with Gasteiger partial charge in [0.2, 0.25) is 0 Å². The van der Waals surface area contributed by atoms with Crippen LogP contribution >= 0.6 is 0 Å². The minimum Gasteiger partial charge on any atom is -0.380 e. The second kappa shape index (κ2) is 7.75. The van der Waals surface area contributed by atoms with Gasteiger partial charge in [-0.15, -0.1) is 0 Å². The molecule has 0 atom stereocenters. The Morgan fingerprint density at radius 2 is 1.77 bits per heavy atom. The third-order valence-electron chi connectivity index (χ3n) is 8.65. The molecule has 6 nitrogen and oxygen atoms in total. The maximum Gasteiger partial charge on any atom is 0.320 e. The van der Waals surface area contributed by atoms with Crippen LogP contribution in [-0.4, -0.2) is 79.8 Å². The lowest BCUT2D eigenvalue weighted by atomic mass is 9.68. The zero-order chi connectivity index (χ0) is 21.7. The summed E-state index contributed by atoms with van der Waals surface area (Å²) in [6, 6.07) is 11.2. The maximum atomic E-state index is 13.6. The van der Waals surface area contributed by atoms with Gasteiger partial charge in [-0.25, -0.2) is 4.79 Å². The highest BCUT2D eigenvalue weighted by atomic mass is 16.5. The molecule has 2 aliphatic carbocycles. The van der Waals surface area contributed by atoms with E-state index in [4.69, 9.17) is 10.5 Å². The molecule has 0 aromatic heterocycles. The Balaban J connectivity index is 1.39. The smallest absolute Gasteiger partial charge is 0.320 e. The molecular formula is C25H38N4O2. The van der Waals surface area contributed by atoms with Crippen molar-refractivity contribution >= 4 is 6.03 Å². The summed E-state index contributed by atoms with van der Waals surface area (Å²) in [5.74, 6) is 0.700. The van der Waals surface area contributed by atoms with Crippen molar-refractivity contribution < 1.29 is 9.53 Å². The van der Waals surface area contributed by atoms with Crippen molar-refractivity contribution in [3.63, 3.8) is 0 Å². The highest BCUT2D eigenvalue weighted by Gasteiger charge is 2.56. The molecule has 1 spiro atoms. The van der Waals surface area contributed by atoms with Gasteiger partial charge in [0.05, 0.1) is 18.8 Å². The quantitative estimate of drug-likeness (QED) is 0.728. The van der Waals surface area contributed by atoms with Crippen LogP contribution in [0.4, 0.5) is 4.79 Å². The first-order chi connectivity index (χ1) is 14.9. The number of amides is 2. The standard InChI is InChI=1S/C25H38N4O2/c1-27(2)25(21-6-4-3-5-7-21)12-10-24(11-13-25)17-28(16-23(15-26)18-31-19-23)22(30)29(24)14-20-8-9-20/h3-7,20H,8-19,26H2,1-2H3/t24-,25+. The summed E-state index contributed by atoms with van der Waals surface area (Å²) in [6.07, 6.45) is 6.81. The van der Waals surface area contributed by atoms with Crippen molar-refractivity contribution in [2.45, 2.75) is 49.6 Å². The Hall–Kier alpha value is -1.63. The van der Waals surface area contributed by atoms with Crippen LogP contribution in [0, 0.1) is 11.3 Å². The number of carbonyl (C=O) groups is 1. The van der Waals surface area contributed by atoms with Crippen LogP contribution < -0.4 is 5.73 Å². The molecule has 2 saturated heterocycles. The van der Waals surface area contributed by atoms with Gasteiger partial charge < -0.3 is 20.3 Å². The molecule has 6 heteroatoms. The van der Waals surface area contributed by atoms with Crippen molar-refractivity contribution in [1.82, 2.24) is 14.7 Å². The summed E-state index contributed by atoms with van der Waals surface area (Å²) >= 11 is 0. The highest BCUT2D eigenvalue weighted by molar-refractivity contribution is 5.78. The van der Waals surface area contributed by atoms with E-state index >= 15 is 0 Å². The van der Waals surface area contributed by atoms with Gasteiger partial charge in [0.15, 0.2) is 0 Å². The second-order valence-corrected chi connectivity index (χ2v) is 10.9. The van der Waals surface area contributed by atoms with Gasteiger partial charge in [-0.3, -0.25) is 4.90 Å². The summed E-state index contributed by atoms with van der Waals surface area (Å²) in [4.78, 5) is 20.4. The average Bonchev–Trinajstić information content (AvgIpc) is 3.55. The molecule has 170 valence electrons. The van der Waals surface area contributed by atoms with Gasteiger partial charge in [0, 0.05) is 37.1 Å². The fraction of sp³-hybridized carbons (Fsp3) is 0.720. The number of nitrogens with zero attached hydrogens (tertiary/aromatic N) is 3. The number of rotatable bonds is 7. The molecule has 2 heterocycles. The molecule has 2 aliphatic heterocycles. The predicted octanol–water partition coefficient (Wildman–Crippen LogP) is 2.88. The molecule has 0 unspecified atom stereocenters. The van der Waals surface area contributed by atoms with E-state index < -0.39 is 0 Å². The molecule has 0 radical (unpaired) electrons. The molecule has 4 fully saturated rings. The van der Waals surface area contributed by atoms with Gasteiger partial charge in [-0.2, -0.15) is 0 Å². The topological polar surface area (TPSA) is 62.0 Å². The third-order valence-corrected chi connectivity index (χ3v) is 8.65. The Morgan fingerprint density at radius 3 is 2.29 bits per heavy atom. The fourth-order valence-corrected chi connectivity index (χ4v) is 6.20. The van der Waals surface area contributed by atoms with Crippen LogP contribution in [0.15, 0.2) is 30.3 Å². The normalized spacial score (nSPS) is 32.7. The molecule has 5 rings (SSSR count).